The molecule has 0 N–H and O–H groups in total. The number of allylic oxidation sites excluding steroid dienone is 4. The quantitative estimate of drug-likeness (QED) is 0.134. The Morgan fingerprint density at radius 2 is 1.26 bits per heavy atom. The normalized spacial score (nSPS) is 21.4. The first-order valence-corrected chi connectivity index (χ1v) is 15.8. The average Bonchev–Trinajstić information content (AvgIpc) is 3.40. The van der Waals surface area contributed by atoms with Gasteiger partial charge < -0.3 is 4.90 Å². The van der Waals surface area contributed by atoms with Gasteiger partial charge in [-0.15, -0.1) is 0 Å². The first-order valence-electron chi connectivity index (χ1n) is 15.8. The molecule has 0 aromatic heterocycles. The zero-order chi connectivity index (χ0) is 33.1. The Morgan fingerprint density at radius 3 is 1.91 bits per heavy atom. The number of fused-ring (bicyclic) bond motifs is 4. The number of rotatable bonds is 6. The van der Waals surface area contributed by atoms with Crippen LogP contribution in [0.15, 0.2) is 121 Å². The van der Waals surface area contributed by atoms with Gasteiger partial charge in [0.1, 0.15) is 30.3 Å². The Labute approximate surface area is 272 Å². The summed E-state index contributed by atoms with van der Waals surface area (Å²) in [7, 11) is 3.94. The Bertz CT molecular complexity index is 2120. The van der Waals surface area contributed by atoms with Gasteiger partial charge in [-0.05, 0) is 85.5 Å². The van der Waals surface area contributed by atoms with Crippen molar-refractivity contribution in [3.8, 4) is 0 Å². The predicted molar refractivity (Wildman–Crippen MR) is 182 cm³/mol. The molecule has 2 atom stereocenters. The summed E-state index contributed by atoms with van der Waals surface area (Å²) in [6.45, 7) is 4.06. The van der Waals surface area contributed by atoms with E-state index in [9.17, 15) is 8.78 Å². The molecule has 5 aromatic rings. The molecule has 236 valence electrons. The van der Waals surface area contributed by atoms with Crippen LogP contribution in [0.5, 0.6) is 0 Å². The summed E-state index contributed by atoms with van der Waals surface area (Å²) in [6.07, 6.45) is 6.18. The van der Waals surface area contributed by atoms with Gasteiger partial charge in [-0.2, -0.15) is 4.58 Å². The van der Waals surface area contributed by atoms with E-state index in [1.807, 2.05) is 88.6 Å². The molecule has 5 aromatic carbocycles. The molecular weight excluding hydrogens is 596 g/mol. The third-order valence-electron chi connectivity index (χ3n) is 10.2. The number of hydrogen-bond donors (Lipinski definition) is 0. The Balaban J connectivity index is 1.36. The van der Waals surface area contributed by atoms with Crippen molar-refractivity contribution in [2.45, 2.75) is 37.5 Å². The maximum Gasteiger partial charge on any atom is 0.210 e. The molecule has 0 radical (unpaired) electrons. The highest BCUT2D eigenvalue weighted by atomic mass is 19.1. The molecule has 0 amide bonds. The van der Waals surface area contributed by atoms with Gasteiger partial charge in [0.05, 0.1) is 5.41 Å². The number of nitrogens with zero attached hydrogens (tertiary/aromatic N) is 2. The molecule has 6 heteroatoms. The number of para-hydroxylation sites is 1. The summed E-state index contributed by atoms with van der Waals surface area (Å²) in [6, 6.07) is 28.1. The maximum atomic E-state index is 15.2. The molecule has 0 spiro atoms. The smallest absolute Gasteiger partial charge is 0.210 e. The van der Waals surface area contributed by atoms with Gasteiger partial charge in [-0.1, -0.05) is 60.7 Å². The molecule has 2 heterocycles. The van der Waals surface area contributed by atoms with E-state index < -0.39 is 34.1 Å². The standard InChI is InChI=1S/C41H35F4N2/c1-40(24-28-31(42)15-9-16-32(28)43)30-14-7-8-19-35(30)46(3)37(40)20-11-21-38-41(2,25-29-33(44)17-10-18-34(29)45)39-27-13-6-5-12-26(27)22-23-36(39)47(38)4/h5-23H,24-25H2,1-4H3/q+1. The first kappa shape index (κ1) is 30.7. The number of anilines is 1. The fourth-order valence-corrected chi connectivity index (χ4v) is 7.91. The van der Waals surface area contributed by atoms with Crippen LogP contribution >= 0.6 is 0 Å². The molecule has 0 saturated heterocycles. The molecule has 0 bridgehead atoms. The van der Waals surface area contributed by atoms with Crippen LogP contribution in [0.25, 0.3) is 10.8 Å². The third kappa shape index (κ3) is 4.81. The van der Waals surface area contributed by atoms with Gasteiger partial charge in [0.25, 0.3) is 0 Å². The van der Waals surface area contributed by atoms with Gasteiger partial charge in [0.2, 0.25) is 5.69 Å². The topological polar surface area (TPSA) is 6.25 Å². The van der Waals surface area contributed by atoms with Crippen molar-refractivity contribution < 1.29 is 22.1 Å². The molecule has 0 aliphatic carbocycles. The van der Waals surface area contributed by atoms with Crippen LogP contribution in [0.3, 0.4) is 0 Å². The van der Waals surface area contributed by atoms with Crippen LogP contribution < -0.4 is 4.90 Å². The summed E-state index contributed by atoms with van der Waals surface area (Å²) in [5.41, 5.74) is 4.26. The molecule has 2 nitrogen and oxygen atoms in total. The second kappa shape index (κ2) is 11.4. The van der Waals surface area contributed by atoms with Crippen LogP contribution in [0.4, 0.5) is 28.9 Å². The van der Waals surface area contributed by atoms with Gasteiger partial charge in [0, 0.05) is 52.7 Å². The molecule has 2 aliphatic heterocycles. The minimum atomic E-state index is -0.785. The average molecular weight is 632 g/mol. The lowest BCUT2D eigenvalue weighted by Crippen LogP contribution is -2.34. The van der Waals surface area contributed by atoms with E-state index in [2.05, 4.69) is 27.7 Å². The summed E-state index contributed by atoms with van der Waals surface area (Å²) >= 11 is 0. The molecule has 0 saturated carbocycles. The van der Waals surface area contributed by atoms with E-state index >= 15 is 8.78 Å². The number of benzene rings is 5. The van der Waals surface area contributed by atoms with Crippen molar-refractivity contribution in [3.05, 3.63) is 167 Å². The predicted octanol–water partition coefficient (Wildman–Crippen LogP) is 9.72. The van der Waals surface area contributed by atoms with Crippen LogP contribution in [0.2, 0.25) is 0 Å². The lowest BCUT2D eigenvalue weighted by molar-refractivity contribution is -0.401. The SMILES string of the molecule is CN1C(=CC=CC2=[N+](C)c3ccc4ccccc4c3C2(C)Cc2c(F)cccc2F)C(C)(Cc2c(F)cccc2F)c2ccccc21. The van der Waals surface area contributed by atoms with E-state index in [0.717, 1.165) is 44.7 Å². The largest absolute Gasteiger partial charge is 0.347 e. The fourth-order valence-electron chi connectivity index (χ4n) is 7.91. The maximum absolute atomic E-state index is 15.2. The minimum Gasteiger partial charge on any atom is -0.347 e. The Kier molecular flexibility index (Phi) is 7.42. The molecule has 2 unspecified atom stereocenters. The zero-order valence-electron chi connectivity index (χ0n) is 26.8. The molecule has 0 fully saturated rings. The van der Waals surface area contributed by atoms with Crippen molar-refractivity contribution in [3.63, 3.8) is 0 Å². The highest BCUT2D eigenvalue weighted by Crippen LogP contribution is 2.50. The van der Waals surface area contributed by atoms with Crippen molar-refractivity contribution in [1.82, 2.24) is 0 Å². The molecule has 47 heavy (non-hydrogen) atoms. The van der Waals surface area contributed by atoms with Crippen LogP contribution in [-0.4, -0.2) is 24.4 Å². The summed E-state index contributed by atoms with van der Waals surface area (Å²) < 4.78 is 62.4. The van der Waals surface area contributed by atoms with Crippen molar-refractivity contribution >= 4 is 27.9 Å². The molecule has 2 aliphatic rings. The van der Waals surface area contributed by atoms with Crippen molar-refractivity contribution in [1.29, 1.82) is 0 Å². The zero-order valence-corrected chi connectivity index (χ0v) is 26.8. The number of hydrogen-bond acceptors (Lipinski definition) is 1. The fraction of sp³-hybridized carbons (Fsp3) is 0.195. The monoisotopic (exact) mass is 631 g/mol. The summed E-state index contributed by atoms with van der Waals surface area (Å²) in [5.74, 6) is -2.29. The summed E-state index contributed by atoms with van der Waals surface area (Å²) in [4.78, 5) is 2.07. The van der Waals surface area contributed by atoms with E-state index in [0.29, 0.717) is 0 Å². The van der Waals surface area contributed by atoms with Crippen molar-refractivity contribution in [2.75, 3.05) is 19.0 Å². The van der Waals surface area contributed by atoms with Gasteiger partial charge >= 0.3 is 0 Å². The van der Waals surface area contributed by atoms with Crippen LogP contribution in [-0.2, 0) is 23.7 Å². The van der Waals surface area contributed by atoms with Crippen LogP contribution in [0.1, 0.15) is 36.1 Å². The molecular formula is C41H35F4N2+. The van der Waals surface area contributed by atoms with Gasteiger partial charge in [-0.25, -0.2) is 17.6 Å². The summed E-state index contributed by atoms with van der Waals surface area (Å²) in [5, 5.41) is 2.08. The van der Waals surface area contributed by atoms with Gasteiger partial charge in [0.15, 0.2) is 5.71 Å². The lowest BCUT2D eigenvalue weighted by Gasteiger charge is -2.29. The third-order valence-corrected chi connectivity index (χ3v) is 10.2. The second-order valence-corrected chi connectivity index (χ2v) is 13.0. The minimum absolute atomic E-state index is 0.0407. The highest BCUT2D eigenvalue weighted by Gasteiger charge is 2.49. The van der Waals surface area contributed by atoms with E-state index in [1.54, 1.807) is 0 Å². The Hall–Kier alpha value is -4.97. The highest BCUT2D eigenvalue weighted by molar-refractivity contribution is 6.08. The van der Waals surface area contributed by atoms with Crippen molar-refractivity contribution in [2.24, 2.45) is 0 Å². The second-order valence-electron chi connectivity index (χ2n) is 13.0. The number of halogens is 4. The number of likely N-dealkylation sites (N-methyl/N-ethyl adjacent to an activating group) is 1. The van der Waals surface area contributed by atoms with E-state index in [-0.39, 0.29) is 24.0 Å². The Morgan fingerprint density at radius 1 is 0.681 bits per heavy atom. The van der Waals surface area contributed by atoms with Gasteiger partial charge in [-0.3, -0.25) is 0 Å². The van der Waals surface area contributed by atoms with Crippen LogP contribution in [0, 0.1) is 23.3 Å². The van der Waals surface area contributed by atoms with E-state index in [4.69, 9.17) is 0 Å². The lowest BCUT2D eigenvalue weighted by atomic mass is 9.72. The first-order chi connectivity index (χ1) is 22.5. The van der Waals surface area contributed by atoms with E-state index in [1.165, 1.54) is 36.4 Å². The molecule has 7 rings (SSSR count).